The topological polar surface area (TPSA) is 59.4 Å². The van der Waals surface area contributed by atoms with E-state index < -0.39 is 0 Å². The molecule has 1 fully saturated rings. The molecule has 1 atom stereocenters. The number of aromatic nitrogens is 2. The van der Waals surface area contributed by atoms with E-state index in [9.17, 15) is 9.18 Å². The van der Waals surface area contributed by atoms with Gasteiger partial charge >= 0.3 is 6.03 Å². The zero-order chi connectivity index (χ0) is 16.8. The predicted molar refractivity (Wildman–Crippen MR) is 86.9 cm³/mol. The molecule has 1 aromatic heterocycles. The number of hydrogen-bond acceptors (Lipinski definition) is 3. The van der Waals surface area contributed by atoms with Gasteiger partial charge < -0.3 is 15.0 Å². The maximum atomic E-state index is 13.0. The van der Waals surface area contributed by atoms with Crippen LogP contribution in [0.4, 0.5) is 9.18 Å². The van der Waals surface area contributed by atoms with Crippen molar-refractivity contribution < 1.29 is 13.9 Å². The van der Waals surface area contributed by atoms with E-state index in [0.717, 1.165) is 18.5 Å². The lowest BCUT2D eigenvalue weighted by molar-refractivity contribution is -0.0154. The molecule has 3 rings (SSSR count). The Labute approximate surface area is 140 Å². The summed E-state index contributed by atoms with van der Waals surface area (Å²) < 4.78 is 20.6. The summed E-state index contributed by atoms with van der Waals surface area (Å²) in [5, 5.41) is 7.05. The molecule has 1 saturated heterocycles. The van der Waals surface area contributed by atoms with Crippen LogP contribution in [0.25, 0.3) is 0 Å². The maximum absolute atomic E-state index is 13.0. The van der Waals surface area contributed by atoms with Crippen LogP contribution >= 0.6 is 0 Å². The molecule has 1 aromatic carbocycles. The number of nitrogens with one attached hydrogen (secondary N) is 1. The number of halogens is 1. The minimum atomic E-state index is -0.277. The molecule has 0 saturated carbocycles. The Morgan fingerprint density at radius 1 is 1.38 bits per heavy atom. The number of urea groups is 1. The van der Waals surface area contributed by atoms with Crippen molar-refractivity contribution in [3.63, 3.8) is 0 Å². The second-order valence-corrected chi connectivity index (χ2v) is 5.71. The number of carbonyl (C=O) groups is 1. The van der Waals surface area contributed by atoms with Crippen molar-refractivity contribution in [1.29, 1.82) is 0 Å². The van der Waals surface area contributed by atoms with Crippen LogP contribution in [0.1, 0.15) is 18.1 Å². The Morgan fingerprint density at radius 3 is 2.96 bits per heavy atom. The van der Waals surface area contributed by atoms with Crippen LogP contribution in [-0.4, -0.2) is 47.0 Å². The van der Waals surface area contributed by atoms with Crippen LogP contribution in [0.15, 0.2) is 42.7 Å². The van der Waals surface area contributed by atoms with Crippen molar-refractivity contribution >= 4 is 6.03 Å². The highest BCUT2D eigenvalue weighted by atomic mass is 19.1. The molecule has 0 bridgehead atoms. The minimum Gasteiger partial charge on any atom is -0.370 e. The molecule has 2 aromatic rings. The molecule has 2 heterocycles. The molecule has 7 heteroatoms. The molecule has 0 unspecified atom stereocenters. The maximum Gasteiger partial charge on any atom is 0.317 e. The van der Waals surface area contributed by atoms with Gasteiger partial charge in [-0.1, -0.05) is 12.1 Å². The first-order valence-electron chi connectivity index (χ1n) is 8.09. The molecular weight excluding hydrogens is 311 g/mol. The van der Waals surface area contributed by atoms with Gasteiger partial charge in [-0.25, -0.2) is 9.18 Å². The number of amides is 2. The summed E-state index contributed by atoms with van der Waals surface area (Å²) in [6, 6.07) is 8.00. The molecule has 0 radical (unpaired) electrons. The summed E-state index contributed by atoms with van der Waals surface area (Å²) in [4.78, 5) is 14.0. The highest BCUT2D eigenvalue weighted by molar-refractivity contribution is 5.74. The third-order valence-corrected chi connectivity index (χ3v) is 3.99. The van der Waals surface area contributed by atoms with Crippen molar-refractivity contribution in [2.45, 2.75) is 19.1 Å². The summed E-state index contributed by atoms with van der Waals surface area (Å²) in [5.41, 5.74) is 0.882. The van der Waals surface area contributed by atoms with Crippen LogP contribution in [0.5, 0.6) is 0 Å². The summed E-state index contributed by atoms with van der Waals surface area (Å²) in [7, 11) is 0. The molecule has 0 aliphatic carbocycles. The number of aryl methyl sites for hydroxylation is 1. The average Bonchev–Trinajstić information content (AvgIpc) is 3.13. The Kier molecular flexibility index (Phi) is 5.43. The van der Waals surface area contributed by atoms with Gasteiger partial charge in [0.15, 0.2) is 0 Å². The first-order valence-corrected chi connectivity index (χ1v) is 8.09. The van der Waals surface area contributed by atoms with Gasteiger partial charge in [-0.05, 0) is 30.2 Å². The fraction of sp³-hybridized carbons (Fsp3) is 0.412. The number of morpholine rings is 1. The minimum absolute atomic E-state index is 0.0918. The van der Waals surface area contributed by atoms with Crippen molar-refractivity contribution in [2.75, 3.05) is 26.2 Å². The molecule has 6 nitrogen and oxygen atoms in total. The second kappa shape index (κ2) is 7.92. The average molecular weight is 332 g/mol. The fourth-order valence-electron chi connectivity index (χ4n) is 2.69. The van der Waals surface area contributed by atoms with E-state index in [0.29, 0.717) is 26.2 Å². The number of benzene rings is 1. The highest BCUT2D eigenvalue weighted by Gasteiger charge is 2.25. The van der Waals surface area contributed by atoms with E-state index in [-0.39, 0.29) is 18.0 Å². The van der Waals surface area contributed by atoms with Crippen LogP contribution < -0.4 is 5.32 Å². The zero-order valence-electron chi connectivity index (χ0n) is 13.4. The van der Waals surface area contributed by atoms with E-state index in [1.54, 1.807) is 23.2 Å². The van der Waals surface area contributed by atoms with Gasteiger partial charge in [-0.15, -0.1) is 0 Å². The van der Waals surface area contributed by atoms with Gasteiger partial charge in [-0.3, -0.25) is 4.68 Å². The first-order chi connectivity index (χ1) is 11.7. The van der Waals surface area contributed by atoms with E-state index in [1.165, 1.54) is 12.1 Å². The lowest BCUT2D eigenvalue weighted by Crippen LogP contribution is -2.47. The Morgan fingerprint density at radius 2 is 2.21 bits per heavy atom. The van der Waals surface area contributed by atoms with Crippen LogP contribution in [0, 0.1) is 5.82 Å². The van der Waals surface area contributed by atoms with Gasteiger partial charge in [0.2, 0.25) is 0 Å². The molecule has 2 amide bonds. The van der Waals surface area contributed by atoms with E-state index >= 15 is 0 Å². The number of rotatable bonds is 5. The zero-order valence-corrected chi connectivity index (χ0v) is 13.4. The van der Waals surface area contributed by atoms with Crippen LogP contribution in [0.2, 0.25) is 0 Å². The van der Waals surface area contributed by atoms with E-state index in [2.05, 4.69) is 10.4 Å². The standard InChI is InChI=1S/C17H21FN4O2/c18-15-5-3-14(4-6-15)16-13-21(11-12-24-16)17(23)19-7-1-9-22-10-2-8-20-22/h2-6,8,10,16H,1,7,9,11-13H2,(H,19,23)/t16-/m0/s1. The SMILES string of the molecule is O=C(NCCCn1cccn1)N1CCO[C@H](c2ccc(F)cc2)C1. The number of hydrogen-bond donors (Lipinski definition) is 1. The van der Waals surface area contributed by atoms with Gasteiger partial charge in [0, 0.05) is 32.0 Å². The summed E-state index contributed by atoms with van der Waals surface area (Å²) in [5.74, 6) is -0.277. The Balaban J connectivity index is 1.45. The number of ether oxygens (including phenoxy) is 1. The van der Waals surface area contributed by atoms with Gasteiger partial charge in [0.25, 0.3) is 0 Å². The Bertz CT molecular complexity index is 645. The van der Waals surface area contributed by atoms with Gasteiger partial charge in [-0.2, -0.15) is 5.10 Å². The Hall–Kier alpha value is -2.41. The van der Waals surface area contributed by atoms with Crippen molar-refractivity contribution in [2.24, 2.45) is 0 Å². The second-order valence-electron chi connectivity index (χ2n) is 5.71. The van der Waals surface area contributed by atoms with Crippen LogP contribution in [-0.2, 0) is 11.3 Å². The van der Waals surface area contributed by atoms with E-state index in [1.807, 2.05) is 16.9 Å². The third kappa shape index (κ3) is 4.32. The third-order valence-electron chi connectivity index (χ3n) is 3.99. The monoisotopic (exact) mass is 332 g/mol. The van der Waals surface area contributed by atoms with Gasteiger partial charge in [0.05, 0.1) is 13.2 Å². The number of nitrogens with zero attached hydrogens (tertiary/aromatic N) is 3. The fourth-order valence-corrected chi connectivity index (χ4v) is 2.69. The van der Waals surface area contributed by atoms with E-state index in [4.69, 9.17) is 4.74 Å². The molecule has 0 spiro atoms. The summed E-state index contributed by atoms with van der Waals surface area (Å²) in [6.45, 7) is 2.87. The summed E-state index contributed by atoms with van der Waals surface area (Å²) >= 11 is 0. The van der Waals surface area contributed by atoms with Gasteiger partial charge in [0.1, 0.15) is 11.9 Å². The van der Waals surface area contributed by atoms with Crippen molar-refractivity contribution in [3.8, 4) is 0 Å². The first kappa shape index (κ1) is 16.4. The molecular formula is C17H21FN4O2. The largest absolute Gasteiger partial charge is 0.370 e. The smallest absolute Gasteiger partial charge is 0.317 e. The number of carbonyl (C=O) groups excluding carboxylic acids is 1. The van der Waals surface area contributed by atoms with Crippen LogP contribution in [0.3, 0.4) is 0 Å². The lowest BCUT2D eigenvalue weighted by atomic mass is 10.1. The molecule has 24 heavy (non-hydrogen) atoms. The normalized spacial score (nSPS) is 17.7. The quantitative estimate of drug-likeness (QED) is 0.854. The summed E-state index contributed by atoms with van der Waals surface area (Å²) in [6.07, 6.45) is 4.24. The molecule has 1 aliphatic heterocycles. The molecule has 128 valence electrons. The molecule has 1 aliphatic rings. The van der Waals surface area contributed by atoms with Crippen molar-refractivity contribution in [3.05, 3.63) is 54.1 Å². The lowest BCUT2D eigenvalue weighted by Gasteiger charge is -2.33. The highest BCUT2D eigenvalue weighted by Crippen LogP contribution is 2.22. The van der Waals surface area contributed by atoms with Crippen molar-refractivity contribution in [1.82, 2.24) is 20.0 Å². The predicted octanol–water partition coefficient (Wildman–Crippen LogP) is 2.20. The molecule has 1 N–H and O–H groups in total.